The Hall–Kier alpha value is -13.1. The molecule has 21 rings (SSSR count). The first kappa shape index (κ1) is 57.1. The van der Waals surface area contributed by atoms with Gasteiger partial charge < -0.3 is 8.83 Å². The highest BCUT2D eigenvalue weighted by atomic mass is 16.3. The molecule has 100 heavy (non-hydrogen) atoms. The lowest BCUT2D eigenvalue weighted by atomic mass is 9.84. The Morgan fingerprint density at radius 1 is 0.130 bits per heavy atom. The molecule has 2 heterocycles. The van der Waals surface area contributed by atoms with Crippen LogP contribution in [0.5, 0.6) is 0 Å². The zero-order valence-electron chi connectivity index (χ0n) is 54.5. The Morgan fingerprint density at radius 2 is 0.430 bits per heavy atom. The van der Waals surface area contributed by atoms with E-state index in [4.69, 9.17) is 8.83 Å². The highest BCUT2D eigenvalue weighted by Crippen LogP contribution is 2.48. The van der Waals surface area contributed by atoms with E-state index in [9.17, 15) is 0 Å². The first-order valence-corrected chi connectivity index (χ1v) is 34.4. The monoisotopic (exact) mass is 1270 g/mol. The van der Waals surface area contributed by atoms with Crippen LogP contribution < -0.4 is 0 Å². The number of hydrogen-bond donors (Lipinski definition) is 0. The lowest BCUT2D eigenvalue weighted by molar-refractivity contribution is 0.669. The minimum Gasteiger partial charge on any atom is -0.456 e. The molecule has 2 nitrogen and oxygen atoms in total. The van der Waals surface area contributed by atoms with Crippen LogP contribution in [0.25, 0.3) is 208 Å². The summed E-state index contributed by atoms with van der Waals surface area (Å²) in [6, 6.07) is 132. The smallest absolute Gasteiger partial charge is 0.136 e. The standard InChI is InChI=1S/C52H32O.C46H28O/c1-2-10-38-29-41(26-21-33(38)9-1)34-17-22-36(23-18-34)51-43-13-5-7-15-45(43)52(46-16-8-6-14-44(46)51)37-24-19-35(20-25-37)42-27-28-49-47(31-42)48-30-39-11-3-4-12-40(39)32-50(48)53-49;1-2-13-32-28-44-42(26-31(32)12-1)41-27-33(23-24-43(41)47-44)30-15-9-16-34(25-30)45-37-18-5-7-20-39(37)46(40-21-8-6-19-38(40)45)36-22-10-14-29-11-3-4-17-35(29)36/h1-32H;1-28H. The molecular formula is C98H60O2. The zero-order chi connectivity index (χ0) is 65.8. The summed E-state index contributed by atoms with van der Waals surface area (Å²) >= 11 is 0. The Kier molecular flexibility index (Phi) is 13.3. The molecule has 0 aliphatic heterocycles. The lowest BCUT2D eigenvalue weighted by Crippen LogP contribution is -1.92. The maximum absolute atomic E-state index is 6.32. The third-order valence-corrected chi connectivity index (χ3v) is 20.8. The summed E-state index contributed by atoms with van der Waals surface area (Å²) in [5, 5.41) is 24.5. The number of benzene rings is 19. The minimum absolute atomic E-state index is 0.913. The van der Waals surface area contributed by atoms with Gasteiger partial charge >= 0.3 is 0 Å². The zero-order valence-corrected chi connectivity index (χ0v) is 54.5. The van der Waals surface area contributed by atoms with E-state index < -0.39 is 0 Å². The van der Waals surface area contributed by atoms with Crippen molar-refractivity contribution in [3.05, 3.63) is 364 Å². The van der Waals surface area contributed by atoms with Crippen LogP contribution >= 0.6 is 0 Å². The Bertz CT molecular complexity index is 6760. The third kappa shape index (κ3) is 9.56. The van der Waals surface area contributed by atoms with E-state index in [1.807, 2.05) is 0 Å². The van der Waals surface area contributed by atoms with Crippen molar-refractivity contribution >= 4 is 130 Å². The van der Waals surface area contributed by atoms with Gasteiger partial charge in [-0.1, -0.05) is 303 Å². The van der Waals surface area contributed by atoms with Crippen LogP contribution in [0.1, 0.15) is 0 Å². The molecule has 19 aromatic carbocycles. The lowest BCUT2D eigenvalue weighted by Gasteiger charge is -2.19. The summed E-state index contributed by atoms with van der Waals surface area (Å²) in [5.41, 5.74) is 20.9. The summed E-state index contributed by atoms with van der Waals surface area (Å²) in [6.45, 7) is 0. The second-order valence-electron chi connectivity index (χ2n) is 26.5. The molecule has 0 atom stereocenters. The van der Waals surface area contributed by atoms with Gasteiger partial charge in [-0.05, 0) is 225 Å². The first-order valence-electron chi connectivity index (χ1n) is 34.4. The van der Waals surface area contributed by atoms with Gasteiger partial charge in [0.1, 0.15) is 22.3 Å². The van der Waals surface area contributed by atoms with E-state index in [0.717, 1.165) is 43.9 Å². The van der Waals surface area contributed by atoms with E-state index >= 15 is 0 Å². The molecule has 0 fully saturated rings. The Labute approximate surface area is 577 Å². The molecule has 2 aromatic heterocycles. The normalized spacial score (nSPS) is 11.8. The summed E-state index contributed by atoms with van der Waals surface area (Å²) < 4.78 is 12.6. The molecule has 0 spiro atoms. The average molecular weight is 1270 g/mol. The van der Waals surface area contributed by atoms with Gasteiger partial charge in [-0.15, -0.1) is 0 Å². The summed E-state index contributed by atoms with van der Waals surface area (Å²) in [7, 11) is 0. The van der Waals surface area contributed by atoms with Crippen molar-refractivity contribution in [3.63, 3.8) is 0 Å². The second kappa shape index (κ2) is 23.3. The topological polar surface area (TPSA) is 26.3 Å². The van der Waals surface area contributed by atoms with Gasteiger partial charge in [-0.2, -0.15) is 0 Å². The quantitative estimate of drug-likeness (QED) is 0.149. The molecule has 0 saturated heterocycles. The van der Waals surface area contributed by atoms with Crippen molar-refractivity contribution in [2.75, 3.05) is 0 Å². The minimum atomic E-state index is 0.913. The third-order valence-electron chi connectivity index (χ3n) is 20.8. The van der Waals surface area contributed by atoms with E-state index in [1.54, 1.807) is 0 Å². The van der Waals surface area contributed by atoms with Crippen LogP contribution in [0.4, 0.5) is 0 Å². The first-order chi connectivity index (χ1) is 49.5. The van der Waals surface area contributed by atoms with E-state index in [-0.39, 0.29) is 0 Å². The predicted octanol–water partition coefficient (Wildman–Crippen LogP) is 28.1. The van der Waals surface area contributed by atoms with E-state index in [0.29, 0.717) is 0 Å². The largest absolute Gasteiger partial charge is 0.456 e. The van der Waals surface area contributed by atoms with Crippen molar-refractivity contribution in [1.82, 2.24) is 0 Å². The van der Waals surface area contributed by atoms with Crippen molar-refractivity contribution in [1.29, 1.82) is 0 Å². The van der Waals surface area contributed by atoms with Crippen LogP contribution in [0.3, 0.4) is 0 Å². The SMILES string of the molecule is c1cc(-c2ccc3oc4cc5ccccc5cc4c3c2)cc(-c2c3ccccc3c(-c3cccc4ccccc34)c3ccccc23)c1.c1ccc2cc(-c3ccc(-c4c5ccccc5c(-c5ccc(-c6ccc7oc8cc9ccccc9cc8c7c6)cc5)c5ccccc45)cc3)ccc2c1. The molecule has 0 bridgehead atoms. The van der Waals surface area contributed by atoms with Crippen molar-refractivity contribution < 1.29 is 8.83 Å². The maximum Gasteiger partial charge on any atom is 0.136 e. The van der Waals surface area contributed by atoms with Crippen molar-refractivity contribution in [3.8, 4) is 77.9 Å². The Balaban J connectivity index is 0.000000136. The van der Waals surface area contributed by atoms with Gasteiger partial charge in [-0.25, -0.2) is 0 Å². The van der Waals surface area contributed by atoms with E-state index in [1.165, 1.54) is 164 Å². The summed E-state index contributed by atoms with van der Waals surface area (Å²) in [5.74, 6) is 0. The van der Waals surface area contributed by atoms with E-state index in [2.05, 4.69) is 364 Å². The van der Waals surface area contributed by atoms with Crippen LogP contribution in [0.2, 0.25) is 0 Å². The van der Waals surface area contributed by atoms with Gasteiger partial charge in [0.05, 0.1) is 0 Å². The maximum atomic E-state index is 6.32. The van der Waals surface area contributed by atoms with Crippen molar-refractivity contribution in [2.45, 2.75) is 0 Å². The molecule has 0 unspecified atom stereocenters. The molecule has 0 N–H and O–H groups in total. The fourth-order valence-electron chi connectivity index (χ4n) is 16.1. The van der Waals surface area contributed by atoms with Crippen LogP contribution in [0.15, 0.2) is 373 Å². The van der Waals surface area contributed by atoms with Crippen LogP contribution in [-0.4, -0.2) is 0 Å². The molecule has 464 valence electrons. The van der Waals surface area contributed by atoms with Crippen LogP contribution in [-0.2, 0) is 0 Å². The fraction of sp³-hybridized carbons (Fsp3) is 0. The highest BCUT2D eigenvalue weighted by Gasteiger charge is 2.21. The van der Waals surface area contributed by atoms with Gasteiger partial charge in [0.25, 0.3) is 0 Å². The molecule has 0 aliphatic carbocycles. The predicted molar refractivity (Wildman–Crippen MR) is 426 cm³/mol. The molecule has 0 amide bonds. The molecule has 0 radical (unpaired) electrons. The molecular weight excluding hydrogens is 1210 g/mol. The summed E-state index contributed by atoms with van der Waals surface area (Å²) in [4.78, 5) is 0. The fourth-order valence-corrected chi connectivity index (χ4v) is 16.1. The molecule has 0 aliphatic rings. The van der Waals surface area contributed by atoms with Gasteiger partial charge in [0, 0.05) is 21.5 Å². The number of rotatable bonds is 7. The Morgan fingerprint density at radius 3 is 0.910 bits per heavy atom. The molecule has 0 saturated carbocycles. The number of hydrogen-bond acceptors (Lipinski definition) is 2. The second-order valence-corrected chi connectivity index (χ2v) is 26.5. The number of furan rings is 2. The number of fused-ring (bicyclic) bond motifs is 14. The van der Waals surface area contributed by atoms with Crippen LogP contribution in [0, 0.1) is 0 Å². The highest BCUT2D eigenvalue weighted by molar-refractivity contribution is 6.25. The van der Waals surface area contributed by atoms with Gasteiger partial charge in [0.2, 0.25) is 0 Å². The molecule has 21 aromatic rings. The van der Waals surface area contributed by atoms with Gasteiger partial charge in [-0.3, -0.25) is 0 Å². The summed E-state index contributed by atoms with van der Waals surface area (Å²) in [6.07, 6.45) is 0. The average Bonchev–Trinajstić information content (AvgIpc) is 1.08. The van der Waals surface area contributed by atoms with Crippen molar-refractivity contribution in [2.24, 2.45) is 0 Å². The van der Waals surface area contributed by atoms with Gasteiger partial charge in [0.15, 0.2) is 0 Å². The molecule has 2 heteroatoms.